The number of rotatable bonds is 6. The third kappa shape index (κ3) is 8.46. The van der Waals surface area contributed by atoms with Crippen molar-refractivity contribution in [2.45, 2.75) is 72.8 Å². The topological polar surface area (TPSA) is 26.3 Å². The van der Waals surface area contributed by atoms with Crippen LogP contribution in [0.5, 0.6) is 0 Å². The van der Waals surface area contributed by atoms with Gasteiger partial charge >= 0.3 is 5.97 Å². The van der Waals surface area contributed by atoms with E-state index in [4.69, 9.17) is 4.74 Å². The van der Waals surface area contributed by atoms with Crippen LogP contribution in [0.2, 0.25) is 0 Å². The van der Waals surface area contributed by atoms with Crippen molar-refractivity contribution in [1.82, 2.24) is 0 Å². The lowest BCUT2D eigenvalue weighted by Gasteiger charge is -2.18. The second kappa shape index (κ2) is 6.86. The van der Waals surface area contributed by atoms with E-state index in [-0.39, 0.29) is 12.1 Å². The molecular formula is C13H26O2. The molecule has 2 nitrogen and oxygen atoms in total. The Balaban J connectivity index is 3.66. The molecular weight excluding hydrogens is 188 g/mol. The minimum atomic E-state index is -0.0343. The summed E-state index contributed by atoms with van der Waals surface area (Å²) in [7, 11) is 0. The number of hydrogen-bond donors (Lipinski definition) is 0. The first-order chi connectivity index (χ1) is 6.89. The number of esters is 1. The Kier molecular flexibility index (Phi) is 6.62. The van der Waals surface area contributed by atoms with Gasteiger partial charge < -0.3 is 4.74 Å². The summed E-state index contributed by atoms with van der Waals surface area (Å²) in [6.45, 7) is 10.7. The Labute approximate surface area is 94.4 Å². The van der Waals surface area contributed by atoms with E-state index < -0.39 is 0 Å². The molecule has 0 bridgehead atoms. The van der Waals surface area contributed by atoms with E-state index in [0.717, 1.165) is 25.7 Å². The maximum Gasteiger partial charge on any atom is 0.306 e. The second-order valence-corrected chi connectivity index (χ2v) is 5.34. The SMILES string of the molecule is CCC(CC)OC(=O)CCCC(C)(C)C. The maximum absolute atomic E-state index is 11.4. The average Bonchev–Trinajstić information content (AvgIpc) is 2.12. The van der Waals surface area contributed by atoms with Gasteiger partial charge in [-0.3, -0.25) is 4.79 Å². The molecule has 0 saturated heterocycles. The molecule has 0 radical (unpaired) electrons. The van der Waals surface area contributed by atoms with Gasteiger partial charge in [-0.05, 0) is 31.1 Å². The van der Waals surface area contributed by atoms with Crippen LogP contribution in [0, 0.1) is 5.41 Å². The van der Waals surface area contributed by atoms with Gasteiger partial charge in [0.05, 0.1) is 0 Å². The fourth-order valence-electron chi connectivity index (χ4n) is 1.46. The summed E-state index contributed by atoms with van der Waals surface area (Å²) < 4.78 is 5.32. The summed E-state index contributed by atoms with van der Waals surface area (Å²) in [5.41, 5.74) is 0.315. The molecule has 0 aromatic carbocycles. The molecule has 0 aromatic rings. The van der Waals surface area contributed by atoms with Crippen LogP contribution in [-0.4, -0.2) is 12.1 Å². The van der Waals surface area contributed by atoms with Gasteiger partial charge in [0.1, 0.15) is 6.10 Å². The van der Waals surface area contributed by atoms with Crippen LogP contribution in [0.15, 0.2) is 0 Å². The molecule has 0 aromatic heterocycles. The van der Waals surface area contributed by atoms with E-state index in [1.165, 1.54) is 0 Å². The van der Waals surface area contributed by atoms with Gasteiger partial charge in [-0.25, -0.2) is 0 Å². The number of ether oxygens (including phenoxy) is 1. The van der Waals surface area contributed by atoms with Gasteiger partial charge in [0.25, 0.3) is 0 Å². The minimum Gasteiger partial charge on any atom is -0.462 e. The van der Waals surface area contributed by atoms with Gasteiger partial charge in [-0.2, -0.15) is 0 Å². The predicted molar refractivity (Wildman–Crippen MR) is 63.8 cm³/mol. The summed E-state index contributed by atoms with van der Waals surface area (Å²) in [6.07, 6.45) is 4.52. The molecule has 0 aliphatic rings. The molecule has 0 N–H and O–H groups in total. The average molecular weight is 214 g/mol. The van der Waals surface area contributed by atoms with E-state index in [0.29, 0.717) is 11.8 Å². The summed E-state index contributed by atoms with van der Waals surface area (Å²) >= 11 is 0. The summed E-state index contributed by atoms with van der Waals surface area (Å²) in [5.74, 6) is -0.0343. The van der Waals surface area contributed by atoms with Crippen LogP contribution in [0.4, 0.5) is 0 Å². The third-order valence-corrected chi connectivity index (χ3v) is 2.52. The molecule has 0 aliphatic heterocycles. The summed E-state index contributed by atoms with van der Waals surface area (Å²) in [6, 6.07) is 0. The molecule has 0 spiro atoms. The van der Waals surface area contributed by atoms with Crippen molar-refractivity contribution in [2.75, 3.05) is 0 Å². The minimum absolute atomic E-state index is 0.0343. The van der Waals surface area contributed by atoms with Crippen LogP contribution in [0.25, 0.3) is 0 Å². The standard InChI is InChI=1S/C13H26O2/c1-6-11(7-2)15-12(14)9-8-10-13(3,4)5/h11H,6-10H2,1-5H3. The molecule has 0 unspecified atom stereocenters. The Hall–Kier alpha value is -0.530. The highest BCUT2D eigenvalue weighted by Crippen LogP contribution is 2.21. The third-order valence-electron chi connectivity index (χ3n) is 2.52. The first-order valence-electron chi connectivity index (χ1n) is 6.08. The first-order valence-corrected chi connectivity index (χ1v) is 6.08. The monoisotopic (exact) mass is 214 g/mol. The number of carbonyl (C=O) groups is 1. The molecule has 0 amide bonds. The number of hydrogen-bond acceptors (Lipinski definition) is 2. The van der Waals surface area contributed by atoms with Crippen molar-refractivity contribution in [3.8, 4) is 0 Å². The zero-order valence-electron chi connectivity index (χ0n) is 10.9. The van der Waals surface area contributed by atoms with Gasteiger partial charge in [0.2, 0.25) is 0 Å². The van der Waals surface area contributed by atoms with Gasteiger partial charge in [-0.15, -0.1) is 0 Å². The van der Waals surface area contributed by atoms with Crippen LogP contribution < -0.4 is 0 Å². The first kappa shape index (κ1) is 14.5. The van der Waals surface area contributed by atoms with Crippen molar-refractivity contribution in [3.05, 3.63) is 0 Å². The maximum atomic E-state index is 11.4. The lowest BCUT2D eigenvalue weighted by Crippen LogP contribution is -2.16. The van der Waals surface area contributed by atoms with E-state index in [1.807, 2.05) is 0 Å². The molecule has 15 heavy (non-hydrogen) atoms. The van der Waals surface area contributed by atoms with Crippen LogP contribution in [0.3, 0.4) is 0 Å². The molecule has 2 heteroatoms. The predicted octanol–water partition coefficient (Wildman–Crippen LogP) is 3.93. The lowest BCUT2D eigenvalue weighted by atomic mass is 9.90. The van der Waals surface area contributed by atoms with Gasteiger partial charge in [0.15, 0.2) is 0 Å². The Morgan fingerprint density at radius 2 is 1.73 bits per heavy atom. The lowest BCUT2D eigenvalue weighted by molar-refractivity contribution is -0.149. The van der Waals surface area contributed by atoms with Crippen molar-refractivity contribution in [2.24, 2.45) is 5.41 Å². The zero-order valence-corrected chi connectivity index (χ0v) is 10.9. The quantitative estimate of drug-likeness (QED) is 0.626. The molecule has 0 heterocycles. The van der Waals surface area contributed by atoms with E-state index >= 15 is 0 Å². The smallest absolute Gasteiger partial charge is 0.306 e. The summed E-state index contributed by atoms with van der Waals surface area (Å²) in [5, 5.41) is 0. The largest absolute Gasteiger partial charge is 0.462 e. The van der Waals surface area contributed by atoms with E-state index in [1.54, 1.807) is 0 Å². The summed E-state index contributed by atoms with van der Waals surface area (Å²) in [4.78, 5) is 11.4. The normalized spacial score (nSPS) is 11.9. The Morgan fingerprint density at radius 3 is 2.13 bits per heavy atom. The van der Waals surface area contributed by atoms with E-state index in [9.17, 15) is 4.79 Å². The van der Waals surface area contributed by atoms with Gasteiger partial charge in [0, 0.05) is 6.42 Å². The van der Waals surface area contributed by atoms with E-state index in [2.05, 4.69) is 34.6 Å². The van der Waals surface area contributed by atoms with Crippen molar-refractivity contribution in [3.63, 3.8) is 0 Å². The van der Waals surface area contributed by atoms with Crippen LogP contribution in [-0.2, 0) is 9.53 Å². The Morgan fingerprint density at radius 1 is 1.20 bits per heavy atom. The molecule has 0 aliphatic carbocycles. The highest BCUT2D eigenvalue weighted by Gasteiger charge is 2.13. The van der Waals surface area contributed by atoms with Crippen molar-refractivity contribution in [1.29, 1.82) is 0 Å². The van der Waals surface area contributed by atoms with Gasteiger partial charge in [-0.1, -0.05) is 34.6 Å². The second-order valence-electron chi connectivity index (χ2n) is 5.34. The highest BCUT2D eigenvalue weighted by atomic mass is 16.5. The van der Waals surface area contributed by atoms with Crippen molar-refractivity contribution >= 4 is 5.97 Å². The zero-order chi connectivity index (χ0) is 11.9. The van der Waals surface area contributed by atoms with Crippen LogP contribution in [0.1, 0.15) is 66.7 Å². The van der Waals surface area contributed by atoms with Crippen molar-refractivity contribution < 1.29 is 9.53 Å². The fraction of sp³-hybridized carbons (Fsp3) is 0.923. The molecule has 0 fully saturated rings. The molecule has 0 saturated carbocycles. The molecule has 0 atom stereocenters. The highest BCUT2D eigenvalue weighted by molar-refractivity contribution is 5.69. The molecule has 0 rings (SSSR count). The number of carbonyl (C=O) groups excluding carboxylic acids is 1. The molecule has 90 valence electrons. The fourth-order valence-corrected chi connectivity index (χ4v) is 1.46. The Bertz CT molecular complexity index is 175. The van der Waals surface area contributed by atoms with Crippen LogP contribution >= 0.6 is 0 Å².